The molecule has 0 saturated carbocycles. The molecule has 0 radical (unpaired) electrons. The van der Waals surface area contributed by atoms with Gasteiger partial charge >= 0.3 is 0 Å². The summed E-state index contributed by atoms with van der Waals surface area (Å²) in [5, 5.41) is 3.38. The normalized spacial score (nSPS) is 18.2. The SMILES string of the molecule is CCc1ccc(C2CNCCN2C(=O)c2coc(CN)c2)cc1. The van der Waals surface area contributed by atoms with E-state index in [4.69, 9.17) is 10.2 Å². The van der Waals surface area contributed by atoms with Gasteiger partial charge in [-0.2, -0.15) is 0 Å². The maximum Gasteiger partial charge on any atom is 0.257 e. The van der Waals surface area contributed by atoms with Gasteiger partial charge in [-0.05, 0) is 23.6 Å². The Morgan fingerprint density at radius 1 is 1.39 bits per heavy atom. The summed E-state index contributed by atoms with van der Waals surface area (Å²) in [7, 11) is 0. The van der Waals surface area contributed by atoms with Crippen molar-refractivity contribution in [3.05, 3.63) is 59.0 Å². The number of hydrogen-bond donors (Lipinski definition) is 2. The number of benzene rings is 1. The minimum absolute atomic E-state index is 0.000446. The summed E-state index contributed by atoms with van der Waals surface area (Å²) in [6.45, 7) is 4.69. The standard InChI is InChI=1S/C18H23N3O2/c1-2-13-3-5-14(6-4-13)17-11-20-7-8-21(17)18(22)15-9-16(10-19)23-12-15/h3-6,9,12,17,20H,2,7-8,10-11,19H2,1H3. The third kappa shape index (κ3) is 3.30. The molecule has 1 aliphatic heterocycles. The van der Waals surface area contributed by atoms with E-state index in [0.717, 1.165) is 25.1 Å². The molecule has 5 heteroatoms. The summed E-state index contributed by atoms with van der Waals surface area (Å²) in [4.78, 5) is 14.8. The number of hydrogen-bond acceptors (Lipinski definition) is 4. The first-order chi connectivity index (χ1) is 11.2. The second kappa shape index (κ2) is 6.98. The molecule has 122 valence electrons. The molecule has 1 aliphatic rings. The number of carbonyl (C=O) groups is 1. The van der Waals surface area contributed by atoms with Crippen molar-refractivity contribution < 1.29 is 9.21 Å². The molecular weight excluding hydrogens is 290 g/mol. The topological polar surface area (TPSA) is 71.5 Å². The van der Waals surface area contributed by atoms with Crippen LogP contribution in [0, 0.1) is 0 Å². The number of nitrogens with two attached hydrogens (primary N) is 1. The number of aryl methyl sites for hydroxylation is 1. The molecule has 1 saturated heterocycles. The van der Waals surface area contributed by atoms with Crippen LogP contribution in [0.4, 0.5) is 0 Å². The number of piperazine rings is 1. The second-order valence-corrected chi connectivity index (χ2v) is 5.82. The predicted molar refractivity (Wildman–Crippen MR) is 89.1 cm³/mol. The van der Waals surface area contributed by atoms with Crippen LogP contribution in [0.25, 0.3) is 0 Å². The average molecular weight is 313 g/mol. The van der Waals surface area contributed by atoms with Crippen molar-refractivity contribution >= 4 is 5.91 Å². The van der Waals surface area contributed by atoms with Crippen molar-refractivity contribution in [3.63, 3.8) is 0 Å². The largest absolute Gasteiger partial charge is 0.467 e. The van der Waals surface area contributed by atoms with Gasteiger partial charge < -0.3 is 20.4 Å². The third-order valence-corrected chi connectivity index (χ3v) is 4.38. The molecule has 0 spiro atoms. The molecule has 3 N–H and O–H groups in total. The summed E-state index contributed by atoms with van der Waals surface area (Å²) in [5.74, 6) is 0.631. The first-order valence-electron chi connectivity index (χ1n) is 8.11. The van der Waals surface area contributed by atoms with E-state index in [1.54, 1.807) is 6.07 Å². The van der Waals surface area contributed by atoms with E-state index in [2.05, 4.69) is 36.5 Å². The highest BCUT2D eigenvalue weighted by Crippen LogP contribution is 2.25. The molecule has 3 rings (SSSR count). The summed E-state index contributed by atoms with van der Waals surface area (Å²) in [6, 6.07) is 10.3. The van der Waals surface area contributed by atoms with Gasteiger partial charge in [0.2, 0.25) is 0 Å². The number of furan rings is 1. The van der Waals surface area contributed by atoms with Crippen molar-refractivity contribution in [3.8, 4) is 0 Å². The summed E-state index contributed by atoms with van der Waals surface area (Å²) in [5.41, 5.74) is 8.59. The monoisotopic (exact) mass is 313 g/mol. The van der Waals surface area contributed by atoms with Gasteiger partial charge in [0, 0.05) is 19.6 Å². The van der Waals surface area contributed by atoms with Gasteiger partial charge in [0.15, 0.2) is 0 Å². The Hall–Kier alpha value is -2.11. The zero-order chi connectivity index (χ0) is 16.2. The Morgan fingerprint density at radius 3 is 2.83 bits per heavy atom. The van der Waals surface area contributed by atoms with Gasteiger partial charge in [-0.3, -0.25) is 4.79 Å². The number of nitrogens with one attached hydrogen (secondary N) is 1. The fourth-order valence-corrected chi connectivity index (χ4v) is 2.99. The Morgan fingerprint density at radius 2 is 2.17 bits per heavy atom. The highest BCUT2D eigenvalue weighted by molar-refractivity contribution is 5.94. The smallest absolute Gasteiger partial charge is 0.257 e. The Kier molecular flexibility index (Phi) is 4.79. The van der Waals surface area contributed by atoms with Crippen LogP contribution in [0.2, 0.25) is 0 Å². The molecule has 1 atom stereocenters. The fraction of sp³-hybridized carbons (Fsp3) is 0.389. The van der Waals surface area contributed by atoms with E-state index in [1.165, 1.54) is 11.8 Å². The van der Waals surface area contributed by atoms with Gasteiger partial charge in [-0.25, -0.2) is 0 Å². The molecule has 0 bridgehead atoms. The van der Waals surface area contributed by atoms with E-state index < -0.39 is 0 Å². The molecule has 1 aromatic carbocycles. The van der Waals surface area contributed by atoms with E-state index in [0.29, 0.717) is 24.4 Å². The van der Waals surface area contributed by atoms with Crippen LogP contribution in [-0.2, 0) is 13.0 Å². The van der Waals surface area contributed by atoms with E-state index >= 15 is 0 Å². The summed E-state index contributed by atoms with van der Waals surface area (Å²) in [6.07, 6.45) is 2.52. The number of amides is 1. The highest BCUT2D eigenvalue weighted by atomic mass is 16.3. The van der Waals surface area contributed by atoms with E-state index in [9.17, 15) is 4.79 Å². The van der Waals surface area contributed by atoms with E-state index in [-0.39, 0.29) is 11.9 Å². The number of rotatable bonds is 4. The van der Waals surface area contributed by atoms with Crippen molar-refractivity contribution in [2.75, 3.05) is 19.6 Å². The van der Waals surface area contributed by atoms with Crippen LogP contribution in [0.3, 0.4) is 0 Å². The summed E-state index contributed by atoms with van der Waals surface area (Å²) < 4.78 is 5.31. The van der Waals surface area contributed by atoms with Crippen molar-refractivity contribution in [1.29, 1.82) is 0 Å². The lowest BCUT2D eigenvalue weighted by Gasteiger charge is -2.36. The molecular formula is C18H23N3O2. The predicted octanol–water partition coefficient (Wildman–Crippen LogP) is 2.09. The van der Waals surface area contributed by atoms with Crippen LogP contribution in [-0.4, -0.2) is 30.4 Å². The molecule has 0 aliphatic carbocycles. The van der Waals surface area contributed by atoms with Crippen molar-refractivity contribution in [1.82, 2.24) is 10.2 Å². The van der Waals surface area contributed by atoms with Gasteiger partial charge in [0.25, 0.3) is 5.91 Å². The average Bonchev–Trinajstić information content (AvgIpc) is 3.10. The number of carbonyl (C=O) groups excluding carboxylic acids is 1. The lowest BCUT2D eigenvalue weighted by molar-refractivity contribution is 0.0633. The molecule has 1 unspecified atom stereocenters. The van der Waals surface area contributed by atoms with Gasteiger partial charge in [0.05, 0.1) is 18.2 Å². The van der Waals surface area contributed by atoms with E-state index in [1.807, 2.05) is 4.90 Å². The molecule has 23 heavy (non-hydrogen) atoms. The summed E-state index contributed by atoms with van der Waals surface area (Å²) >= 11 is 0. The minimum Gasteiger partial charge on any atom is -0.467 e. The quantitative estimate of drug-likeness (QED) is 0.906. The maximum absolute atomic E-state index is 12.8. The van der Waals surface area contributed by atoms with Crippen LogP contribution < -0.4 is 11.1 Å². The molecule has 1 aromatic heterocycles. The molecule has 1 amide bonds. The van der Waals surface area contributed by atoms with Crippen LogP contribution >= 0.6 is 0 Å². The van der Waals surface area contributed by atoms with Crippen molar-refractivity contribution in [2.24, 2.45) is 5.73 Å². The third-order valence-electron chi connectivity index (χ3n) is 4.38. The maximum atomic E-state index is 12.8. The highest BCUT2D eigenvalue weighted by Gasteiger charge is 2.29. The van der Waals surface area contributed by atoms with Gasteiger partial charge in [-0.15, -0.1) is 0 Å². The van der Waals surface area contributed by atoms with Crippen LogP contribution in [0.1, 0.15) is 40.2 Å². The van der Waals surface area contributed by atoms with Crippen molar-refractivity contribution in [2.45, 2.75) is 25.9 Å². The molecule has 2 aromatic rings. The Labute approximate surface area is 136 Å². The Balaban J connectivity index is 1.83. The lowest BCUT2D eigenvalue weighted by Crippen LogP contribution is -2.48. The first-order valence-corrected chi connectivity index (χ1v) is 8.11. The van der Waals surface area contributed by atoms with Crippen LogP contribution in [0.5, 0.6) is 0 Å². The number of nitrogens with zero attached hydrogens (tertiary/aromatic N) is 1. The molecule has 5 nitrogen and oxygen atoms in total. The van der Waals surface area contributed by atoms with Crippen LogP contribution in [0.15, 0.2) is 41.0 Å². The first kappa shape index (κ1) is 15.8. The minimum atomic E-state index is -0.000446. The second-order valence-electron chi connectivity index (χ2n) is 5.82. The molecule has 1 fully saturated rings. The molecule has 2 heterocycles. The van der Waals surface area contributed by atoms with Gasteiger partial charge in [0.1, 0.15) is 12.0 Å². The fourth-order valence-electron chi connectivity index (χ4n) is 2.99. The zero-order valence-corrected chi connectivity index (χ0v) is 13.4. The Bertz CT molecular complexity index is 663. The van der Waals surface area contributed by atoms with Gasteiger partial charge in [-0.1, -0.05) is 31.2 Å². The zero-order valence-electron chi connectivity index (χ0n) is 13.4. The lowest BCUT2D eigenvalue weighted by atomic mass is 10.0.